The van der Waals surface area contributed by atoms with Gasteiger partial charge in [0.2, 0.25) is 16.0 Å². The molecule has 2 aromatic carbocycles. The van der Waals surface area contributed by atoms with Crippen LogP contribution in [0.5, 0.6) is 5.75 Å². The highest BCUT2D eigenvalue weighted by Gasteiger charge is 2.28. The zero-order chi connectivity index (χ0) is 22.8. The first-order valence-electron chi connectivity index (χ1n) is 10.9. The zero-order valence-electron chi connectivity index (χ0n) is 18.2. The Morgan fingerprint density at radius 1 is 1.24 bits per heavy atom. The molecule has 3 heterocycles. The van der Waals surface area contributed by atoms with Gasteiger partial charge in [0.1, 0.15) is 11.6 Å². The number of hydrogen-bond acceptors (Lipinski definition) is 6. The van der Waals surface area contributed by atoms with Crippen LogP contribution in [0.4, 0.5) is 9.52 Å². The van der Waals surface area contributed by atoms with Gasteiger partial charge < -0.3 is 15.0 Å². The molecule has 5 rings (SSSR count). The number of carbonyl (C=O) groups excluding carboxylic acids is 1. The largest absolute Gasteiger partial charge is 0.496 e. The summed E-state index contributed by atoms with van der Waals surface area (Å²) < 4.78 is 20.3. The van der Waals surface area contributed by atoms with Crippen molar-refractivity contribution in [3.8, 4) is 17.0 Å². The molecule has 0 saturated carbocycles. The first kappa shape index (κ1) is 21.4. The number of fused-ring (bicyclic) bond motifs is 1. The van der Waals surface area contributed by atoms with Crippen LogP contribution in [0.3, 0.4) is 0 Å². The zero-order valence-corrected chi connectivity index (χ0v) is 19.0. The Morgan fingerprint density at radius 3 is 2.85 bits per heavy atom. The second-order valence-electron chi connectivity index (χ2n) is 8.06. The Balaban J connectivity index is 1.25. The van der Waals surface area contributed by atoms with E-state index in [-0.39, 0.29) is 17.6 Å². The monoisotopic (exact) mass is 465 g/mol. The second kappa shape index (κ2) is 9.19. The van der Waals surface area contributed by atoms with Crippen molar-refractivity contribution in [1.82, 2.24) is 19.9 Å². The van der Waals surface area contributed by atoms with Gasteiger partial charge in [-0.25, -0.2) is 13.9 Å². The summed E-state index contributed by atoms with van der Waals surface area (Å²) in [7, 11) is 1.63. The smallest absolute Gasteiger partial charge is 0.225 e. The van der Waals surface area contributed by atoms with E-state index < -0.39 is 0 Å². The highest BCUT2D eigenvalue weighted by Crippen LogP contribution is 2.30. The molecule has 0 spiro atoms. The van der Waals surface area contributed by atoms with Crippen LogP contribution in [0, 0.1) is 11.7 Å². The number of methoxy groups -OCH3 is 1. The Labute approximate surface area is 194 Å². The van der Waals surface area contributed by atoms with Crippen LogP contribution in [-0.4, -0.2) is 40.7 Å². The van der Waals surface area contributed by atoms with Gasteiger partial charge >= 0.3 is 0 Å². The van der Waals surface area contributed by atoms with Gasteiger partial charge in [-0.05, 0) is 43.2 Å². The summed E-state index contributed by atoms with van der Waals surface area (Å²) >= 11 is 1.50. The number of amides is 1. The molecule has 0 bridgehead atoms. The SMILES string of the molecule is COc1ccccc1CNC(=O)[C@@H]1CCCN(c2nn3cc(-c4ccc(F)cc4)nc3s2)C1. The van der Waals surface area contributed by atoms with Gasteiger partial charge in [0.05, 0.1) is 24.9 Å². The number of para-hydroxylation sites is 1. The molecule has 1 aliphatic rings. The predicted octanol–water partition coefficient (Wildman–Crippen LogP) is 4.14. The maximum atomic E-state index is 13.2. The summed E-state index contributed by atoms with van der Waals surface area (Å²) in [5, 5.41) is 8.60. The van der Waals surface area contributed by atoms with E-state index in [4.69, 9.17) is 4.74 Å². The average Bonchev–Trinajstić information content (AvgIpc) is 3.43. The summed E-state index contributed by atoms with van der Waals surface area (Å²) in [6, 6.07) is 14.0. The summed E-state index contributed by atoms with van der Waals surface area (Å²) in [4.78, 5) is 20.4. The van der Waals surface area contributed by atoms with Gasteiger partial charge in [-0.15, -0.1) is 5.10 Å². The van der Waals surface area contributed by atoms with E-state index >= 15 is 0 Å². The molecule has 0 unspecified atom stereocenters. The third-order valence-corrected chi connectivity index (χ3v) is 6.86. The van der Waals surface area contributed by atoms with Crippen LogP contribution in [0.1, 0.15) is 18.4 Å². The van der Waals surface area contributed by atoms with Crippen molar-refractivity contribution in [3.05, 3.63) is 66.1 Å². The summed E-state index contributed by atoms with van der Waals surface area (Å²) in [6.07, 6.45) is 3.63. The van der Waals surface area contributed by atoms with Crippen molar-refractivity contribution >= 4 is 27.3 Å². The molecule has 7 nitrogen and oxygen atoms in total. The lowest BCUT2D eigenvalue weighted by atomic mass is 9.97. The van der Waals surface area contributed by atoms with Crippen molar-refractivity contribution < 1.29 is 13.9 Å². The van der Waals surface area contributed by atoms with Crippen LogP contribution in [0.25, 0.3) is 16.2 Å². The lowest BCUT2D eigenvalue weighted by molar-refractivity contribution is -0.125. The van der Waals surface area contributed by atoms with E-state index in [1.165, 1.54) is 23.5 Å². The molecule has 1 saturated heterocycles. The Morgan fingerprint density at radius 2 is 2.06 bits per heavy atom. The van der Waals surface area contributed by atoms with E-state index in [0.29, 0.717) is 13.1 Å². The van der Waals surface area contributed by atoms with E-state index in [0.717, 1.165) is 52.0 Å². The number of nitrogens with one attached hydrogen (secondary N) is 1. The fourth-order valence-corrected chi connectivity index (χ4v) is 5.04. The molecule has 1 amide bonds. The molecular weight excluding hydrogens is 441 g/mol. The van der Waals surface area contributed by atoms with Crippen molar-refractivity contribution in [3.63, 3.8) is 0 Å². The normalized spacial score (nSPS) is 16.2. The molecule has 4 aromatic rings. The standard InChI is InChI=1S/C24H24FN5O2S/c1-32-21-7-3-2-5-17(21)13-26-22(31)18-6-4-12-29(14-18)24-28-30-15-20(27-23(30)33-24)16-8-10-19(25)11-9-16/h2-3,5,7-11,15,18H,4,6,12-14H2,1H3,(H,26,31)/t18-/m1/s1. The number of anilines is 1. The Bertz CT molecular complexity index is 1240. The summed E-state index contributed by atoms with van der Waals surface area (Å²) in [5.41, 5.74) is 2.56. The minimum absolute atomic E-state index is 0.0468. The van der Waals surface area contributed by atoms with Crippen molar-refractivity contribution in [2.75, 3.05) is 25.1 Å². The molecule has 1 N–H and O–H groups in total. The fourth-order valence-electron chi connectivity index (χ4n) is 4.12. The van der Waals surface area contributed by atoms with Crippen molar-refractivity contribution in [1.29, 1.82) is 0 Å². The first-order chi connectivity index (χ1) is 16.1. The molecular formula is C24H24FN5O2S. The van der Waals surface area contributed by atoms with Crippen molar-refractivity contribution in [2.24, 2.45) is 5.92 Å². The molecule has 9 heteroatoms. The third-order valence-electron chi connectivity index (χ3n) is 5.88. The lowest BCUT2D eigenvalue weighted by Gasteiger charge is -2.31. The topological polar surface area (TPSA) is 71.8 Å². The molecule has 170 valence electrons. The lowest BCUT2D eigenvalue weighted by Crippen LogP contribution is -2.43. The van der Waals surface area contributed by atoms with E-state index in [2.05, 4.69) is 20.3 Å². The fraction of sp³-hybridized carbons (Fsp3) is 0.292. The second-order valence-corrected chi connectivity index (χ2v) is 8.99. The number of carbonyl (C=O) groups is 1. The van der Waals surface area contributed by atoms with Gasteiger partial charge in [-0.3, -0.25) is 4.79 Å². The van der Waals surface area contributed by atoms with Crippen LogP contribution in [-0.2, 0) is 11.3 Å². The Hall–Kier alpha value is -3.46. The molecule has 1 aliphatic heterocycles. The van der Waals surface area contributed by atoms with Gasteiger partial charge in [0, 0.05) is 30.8 Å². The number of hydrogen-bond donors (Lipinski definition) is 1. The molecule has 1 fully saturated rings. The molecule has 1 atom stereocenters. The Kier molecular flexibility index (Phi) is 5.95. The number of imidazole rings is 1. The van der Waals surface area contributed by atoms with Gasteiger partial charge in [-0.1, -0.05) is 29.5 Å². The van der Waals surface area contributed by atoms with Crippen LogP contribution >= 0.6 is 11.3 Å². The van der Waals surface area contributed by atoms with Crippen LogP contribution in [0.15, 0.2) is 54.7 Å². The minimum Gasteiger partial charge on any atom is -0.496 e. The predicted molar refractivity (Wildman–Crippen MR) is 126 cm³/mol. The number of aromatic nitrogens is 3. The maximum Gasteiger partial charge on any atom is 0.225 e. The van der Waals surface area contributed by atoms with Crippen molar-refractivity contribution in [2.45, 2.75) is 19.4 Å². The quantitative estimate of drug-likeness (QED) is 0.464. The first-order valence-corrected chi connectivity index (χ1v) is 11.7. The van der Waals surface area contributed by atoms with Crippen LogP contribution in [0.2, 0.25) is 0 Å². The number of benzene rings is 2. The number of piperidine rings is 1. The highest BCUT2D eigenvalue weighted by atomic mass is 32.1. The molecule has 2 aromatic heterocycles. The summed E-state index contributed by atoms with van der Waals surface area (Å²) in [6.45, 7) is 1.92. The van der Waals surface area contributed by atoms with E-state index in [1.807, 2.05) is 30.5 Å². The molecule has 33 heavy (non-hydrogen) atoms. The highest BCUT2D eigenvalue weighted by molar-refractivity contribution is 7.20. The molecule has 0 radical (unpaired) electrons. The van der Waals surface area contributed by atoms with Gasteiger partial charge in [0.25, 0.3) is 0 Å². The number of rotatable bonds is 6. The van der Waals surface area contributed by atoms with Gasteiger partial charge in [0.15, 0.2) is 0 Å². The summed E-state index contributed by atoms with van der Waals surface area (Å²) in [5.74, 6) is 0.450. The molecule has 0 aliphatic carbocycles. The minimum atomic E-state index is -0.272. The third kappa shape index (κ3) is 4.54. The van der Waals surface area contributed by atoms with E-state index in [9.17, 15) is 9.18 Å². The number of nitrogens with zero attached hydrogens (tertiary/aromatic N) is 4. The number of halogens is 1. The van der Waals surface area contributed by atoms with Crippen LogP contribution < -0.4 is 15.0 Å². The van der Waals surface area contributed by atoms with E-state index in [1.54, 1.807) is 23.8 Å². The average molecular weight is 466 g/mol. The maximum absolute atomic E-state index is 13.2. The number of ether oxygens (including phenoxy) is 1. The van der Waals surface area contributed by atoms with Gasteiger partial charge in [-0.2, -0.15) is 0 Å².